The Morgan fingerprint density at radius 2 is 1.62 bits per heavy atom. The molecule has 0 aliphatic carbocycles. The minimum Gasteiger partial charge on any atom is -0.398 e. The van der Waals surface area contributed by atoms with Gasteiger partial charge in [0.25, 0.3) is 0 Å². The minimum atomic E-state index is 0. The second-order valence-electron chi connectivity index (χ2n) is 9.04. The number of nitrogens with two attached hydrogens (primary N) is 1. The van der Waals surface area contributed by atoms with Gasteiger partial charge in [-0.3, -0.25) is 4.90 Å². The highest BCUT2D eigenvalue weighted by atomic mass is 15.2. The average molecular weight is 504 g/mol. The molecule has 1 atom stereocenters. The third kappa shape index (κ3) is 9.40. The third-order valence-corrected chi connectivity index (χ3v) is 6.32. The van der Waals surface area contributed by atoms with Gasteiger partial charge in [-0.1, -0.05) is 96.3 Å². The molecule has 1 unspecified atom stereocenters. The minimum absolute atomic E-state index is 0. The van der Waals surface area contributed by atoms with Gasteiger partial charge in [0.1, 0.15) is 0 Å². The zero-order valence-corrected chi connectivity index (χ0v) is 24.1. The van der Waals surface area contributed by atoms with Crippen LogP contribution < -0.4 is 11.1 Å². The molecule has 3 nitrogen and oxygen atoms in total. The number of nitrogens with zero attached hydrogens (tertiary/aromatic N) is 1. The molecule has 0 saturated carbocycles. The first-order chi connectivity index (χ1) is 17.2. The summed E-state index contributed by atoms with van der Waals surface area (Å²) in [4.78, 5) is 2.49. The van der Waals surface area contributed by atoms with Crippen LogP contribution in [0.3, 0.4) is 0 Å². The summed E-state index contributed by atoms with van der Waals surface area (Å²) in [6.45, 7) is 31.9. The van der Waals surface area contributed by atoms with Crippen LogP contribution in [0.1, 0.15) is 83.2 Å². The van der Waals surface area contributed by atoms with Gasteiger partial charge in [-0.25, -0.2) is 0 Å². The zero-order chi connectivity index (χ0) is 27.4. The summed E-state index contributed by atoms with van der Waals surface area (Å²) in [5.41, 5.74) is 16.9. The van der Waals surface area contributed by atoms with Crippen molar-refractivity contribution >= 4 is 17.0 Å². The molecule has 2 aromatic rings. The molecule has 0 amide bonds. The van der Waals surface area contributed by atoms with Gasteiger partial charge in [0.2, 0.25) is 0 Å². The SMILES string of the molecule is C.C=C(C)C(=C)/C(=C/C)c1cc(C(=C)NC2CCN(Cc3ccc(C)cc3)C2)c(N)cc1C.CC.CC. The molecule has 0 bridgehead atoms. The van der Waals surface area contributed by atoms with Crippen molar-refractivity contribution in [3.63, 3.8) is 0 Å². The van der Waals surface area contributed by atoms with Gasteiger partial charge in [-0.05, 0) is 74.1 Å². The van der Waals surface area contributed by atoms with E-state index in [0.717, 1.165) is 70.8 Å². The predicted octanol–water partition coefficient (Wildman–Crippen LogP) is 8.94. The molecule has 204 valence electrons. The number of hydrogen-bond acceptors (Lipinski definition) is 3. The molecule has 3 heteroatoms. The molecule has 1 heterocycles. The molecule has 3 N–H and O–H groups in total. The van der Waals surface area contributed by atoms with Crippen LogP contribution in [0.15, 0.2) is 73.4 Å². The lowest BCUT2D eigenvalue weighted by atomic mass is 9.89. The van der Waals surface area contributed by atoms with E-state index in [1.54, 1.807) is 0 Å². The number of benzene rings is 2. The fraction of sp³-hybridized carbons (Fsp3) is 0.412. The predicted molar refractivity (Wildman–Crippen MR) is 170 cm³/mol. The summed E-state index contributed by atoms with van der Waals surface area (Å²) in [5.74, 6) is 0. The van der Waals surface area contributed by atoms with Gasteiger partial charge in [-0.2, -0.15) is 0 Å². The molecule has 1 saturated heterocycles. The van der Waals surface area contributed by atoms with E-state index >= 15 is 0 Å². The van der Waals surface area contributed by atoms with E-state index in [-0.39, 0.29) is 7.43 Å². The van der Waals surface area contributed by atoms with Crippen molar-refractivity contribution in [3.05, 3.63) is 101 Å². The Hall–Kier alpha value is -3.04. The van der Waals surface area contributed by atoms with Crippen molar-refractivity contribution < 1.29 is 0 Å². The lowest BCUT2D eigenvalue weighted by Crippen LogP contribution is -2.31. The van der Waals surface area contributed by atoms with Gasteiger partial charge in [-0.15, -0.1) is 0 Å². The normalized spacial score (nSPS) is 14.8. The van der Waals surface area contributed by atoms with E-state index in [9.17, 15) is 0 Å². The lowest BCUT2D eigenvalue weighted by molar-refractivity contribution is 0.324. The highest BCUT2D eigenvalue weighted by Crippen LogP contribution is 2.33. The van der Waals surface area contributed by atoms with Crippen LogP contribution in [-0.2, 0) is 6.54 Å². The number of nitrogen functional groups attached to an aromatic ring is 1. The van der Waals surface area contributed by atoms with Crippen LogP contribution in [0, 0.1) is 13.8 Å². The van der Waals surface area contributed by atoms with Crippen molar-refractivity contribution in [2.45, 2.75) is 81.8 Å². The molecule has 3 rings (SSSR count). The number of rotatable bonds is 8. The van der Waals surface area contributed by atoms with Crippen LogP contribution >= 0.6 is 0 Å². The highest BCUT2D eigenvalue weighted by Gasteiger charge is 2.23. The number of aryl methyl sites for hydroxylation is 2. The van der Waals surface area contributed by atoms with Gasteiger partial charge in [0.05, 0.1) is 0 Å². The molecule has 1 aliphatic rings. The van der Waals surface area contributed by atoms with Crippen molar-refractivity contribution in [3.8, 4) is 0 Å². The molecule has 37 heavy (non-hydrogen) atoms. The first-order valence-corrected chi connectivity index (χ1v) is 13.3. The molecule has 0 radical (unpaired) electrons. The maximum Gasteiger partial charge on any atom is 0.0411 e. The topological polar surface area (TPSA) is 41.3 Å². The first kappa shape index (κ1) is 34.0. The van der Waals surface area contributed by atoms with E-state index in [1.165, 1.54) is 11.1 Å². The van der Waals surface area contributed by atoms with E-state index < -0.39 is 0 Å². The maximum absolute atomic E-state index is 6.41. The summed E-state index contributed by atoms with van der Waals surface area (Å²) in [7, 11) is 0. The fourth-order valence-electron chi connectivity index (χ4n) is 4.37. The lowest BCUT2D eigenvalue weighted by Gasteiger charge is -2.21. The van der Waals surface area contributed by atoms with Gasteiger partial charge in [0, 0.05) is 42.6 Å². The monoisotopic (exact) mass is 503 g/mol. The van der Waals surface area contributed by atoms with Crippen LogP contribution in [0.25, 0.3) is 11.3 Å². The molecule has 0 spiro atoms. The standard InChI is InChI=1S/C29H37N3.2C2H6.CH4/c1-8-26(22(6)19(2)3)27-16-28(29(30)15-21(27)5)23(7)31-25-13-14-32(18-25)17-24-11-9-20(4)10-12-24;2*1-2;/h8-12,15-16,25,31H,2,6-7,13-14,17-18,30H2,1,3-5H3;2*1-2H3;1H4/b26-8-;;;. The van der Waals surface area contributed by atoms with E-state index in [1.807, 2.05) is 47.6 Å². The summed E-state index contributed by atoms with van der Waals surface area (Å²) in [6.07, 6.45) is 3.19. The van der Waals surface area contributed by atoms with Crippen molar-refractivity contribution in [2.75, 3.05) is 18.8 Å². The van der Waals surface area contributed by atoms with Gasteiger partial charge >= 0.3 is 0 Å². The van der Waals surface area contributed by atoms with Gasteiger partial charge in [0.15, 0.2) is 0 Å². The summed E-state index contributed by atoms with van der Waals surface area (Å²) >= 11 is 0. The molecular weight excluding hydrogens is 450 g/mol. The van der Waals surface area contributed by atoms with Crippen LogP contribution in [0.2, 0.25) is 0 Å². The van der Waals surface area contributed by atoms with E-state index in [0.29, 0.717) is 6.04 Å². The quantitative estimate of drug-likeness (QED) is 0.279. The second kappa shape index (κ2) is 16.7. The van der Waals surface area contributed by atoms with Gasteiger partial charge < -0.3 is 11.1 Å². The van der Waals surface area contributed by atoms with Crippen molar-refractivity contribution in [2.24, 2.45) is 0 Å². The van der Waals surface area contributed by atoms with Crippen LogP contribution in [-0.4, -0.2) is 24.0 Å². The number of nitrogens with one attached hydrogen (secondary N) is 1. The second-order valence-corrected chi connectivity index (χ2v) is 9.04. The Morgan fingerprint density at radius 1 is 1.03 bits per heavy atom. The van der Waals surface area contributed by atoms with Crippen LogP contribution in [0.5, 0.6) is 0 Å². The molecule has 1 aliphatic heterocycles. The highest BCUT2D eigenvalue weighted by molar-refractivity contribution is 5.87. The van der Waals surface area contributed by atoms with Crippen molar-refractivity contribution in [1.82, 2.24) is 10.2 Å². The fourth-order valence-corrected chi connectivity index (χ4v) is 4.37. The van der Waals surface area contributed by atoms with E-state index in [2.05, 4.69) is 80.2 Å². The third-order valence-electron chi connectivity index (χ3n) is 6.32. The first-order valence-electron chi connectivity index (χ1n) is 13.3. The molecule has 1 fully saturated rings. The Kier molecular flexibility index (Phi) is 15.3. The Labute approximate surface area is 228 Å². The van der Waals surface area contributed by atoms with E-state index in [4.69, 9.17) is 5.73 Å². The smallest absolute Gasteiger partial charge is 0.0411 e. The van der Waals surface area contributed by atoms with Crippen molar-refractivity contribution in [1.29, 1.82) is 0 Å². The number of allylic oxidation sites excluding steroid dienone is 4. The summed E-state index contributed by atoms with van der Waals surface area (Å²) < 4.78 is 0. The molecule has 0 aromatic heterocycles. The largest absolute Gasteiger partial charge is 0.398 e. The Balaban J connectivity index is 0.00000247. The number of anilines is 1. The number of likely N-dealkylation sites (tertiary alicyclic amines) is 1. The molecular formula is C34H53N3. The maximum atomic E-state index is 6.41. The molecule has 2 aromatic carbocycles. The number of hydrogen-bond donors (Lipinski definition) is 2. The Bertz CT molecular complexity index is 1060. The summed E-state index contributed by atoms with van der Waals surface area (Å²) in [6, 6.07) is 13.4. The zero-order valence-electron chi connectivity index (χ0n) is 24.1. The average Bonchev–Trinajstić information content (AvgIpc) is 3.31. The Morgan fingerprint density at radius 3 is 2.16 bits per heavy atom. The summed E-state index contributed by atoms with van der Waals surface area (Å²) in [5, 5.41) is 3.64. The van der Waals surface area contributed by atoms with Crippen LogP contribution in [0.4, 0.5) is 5.69 Å².